The Morgan fingerprint density at radius 2 is 2.00 bits per heavy atom. The molecule has 1 rings (SSSR count). The van der Waals surface area contributed by atoms with Crippen LogP contribution in [0.15, 0.2) is 28.7 Å². The Morgan fingerprint density at radius 3 is 2.57 bits per heavy atom. The average Bonchev–Trinajstić information content (AvgIpc) is 2.40. The Bertz CT molecular complexity index is 455. The van der Waals surface area contributed by atoms with Crippen LogP contribution in [0.1, 0.15) is 20.3 Å². The van der Waals surface area contributed by atoms with Crippen molar-refractivity contribution in [3.05, 3.63) is 28.7 Å². The standard InChI is InChI=1S/C15H23BrN2O2.ClH/c1-15(2,10-17)11-18(3)14(19)8-9-20-13-7-5-4-6-12(13)16;/h4-7H,8-11,17H2,1-3H3;1H. The SMILES string of the molecule is CN(CC(C)(C)CN)C(=O)CCOc1ccccc1Br.Cl. The molecule has 120 valence electrons. The van der Waals surface area contributed by atoms with Crippen LogP contribution >= 0.6 is 28.3 Å². The second-order valence-electron chi connectivity index (χ2n) is 5.65. The first-order valence-electron chi connectivity index (χ1n) is 6.67. The minimum atomic E-state index is -0.0618. The van der Waals surface area contributed by atoms with Crippen molar-refractivity contribution in [2.75, 3.05) is 26.7 Å². The van der Waals surface area contributed by atoms with Crippen molar-refractivity contribution in [2.24, 2.45) is 11.1 Å². The summed E-state index contributed by atoms with van der Waals surface area (Å²) >= 11 is 3.41. The lowest BCUT2D eigenvalue weighted by Gasteiger charge is -2.29. The molecular formula is C15H24BrClN2O2. The van der Waals surface area contributed by atoms with Gasteiger partial charge in [0.05, 0.1) is 17.5 Å². The molecular weight excluding hydrogens is 356 g/mol. The zero-order valence-electron chi connectivity index (χ0n) is 12.8. The van der Waals surface area contributed by atoms with E-state index in [4.69, 9.17) is 10.5 Å². The number of ether oxygens (including phenoxy) is 1. The lowest BCUT2D eigenvalue weighted by Crippen LogP contribution is -2.40. The molecule has 0 saturated heterocycles. The fourth-order valence-electron chi connectivity index (χ4n) is 1.80. The van der Waals surface area contributed by atoms with Gasteiger partial charge in [0.25, 0.3) is 0 Å². The Kier molecular flexibility index (Phi) is 8.94. The summed E-state index contributed by atoms with van der Waals surface area (Å²) in [7, 11) is 1.80. The van der Waals surface area contributed by atoms with E-state index in [1.54, 1.807) is 11.9 Å². The largest absolute Gasteiger partial charge is 0.492 e. The smallest absolute Gasteiger partial charge is 0.225 e. The number of hydrogen-bond acceptors (Lipinski definition) is 3. The molecule has 1 aromatic carbocycles. The van der Waals surface area contributed by atoms with Crippen LogP contribution in [0.4, 0.5) is 0 Å². The van der Waals surface area contributed by atoms with Gasteiger partial charge in [0.1, 0.15) is 5.75 Å². The highest BCUT2D eigenvalue weighted by atomic mass is 79.9. The monoisotopic (exact) mass is 378 g/mol. The van der Waals surface area contributed by atoms with Crippen LogP contribution in [0.3, 0.4) is 0 Å². The van der Waals surface area contributed by atoms with Gasteiger partial charge in [-0.15, -0.1) is 12.4 Å². The zero-order chi connectivity index (χ0) is 15.2. The van der Waals surface area contributed by atoms with E-state index in [-0.39, 0.29) is 23.7 Å². The topological polar surface area (TPSA) is 55.6 Å². The van der Waals surface area contributed by atoms with Gasteiger partial charge in [-0.3, -0.25) is 4.79 Å². The van der Waals surface area contributed by atoms with Crippen molar-refractivity contribution >= 4 is 34.2 Å². The van der Waals surface area contributed by atoms with Gasteiger partial charge in [0, 0.05) is 13.6 Å². The Hall–Kier alpha value is -0.780. The Balaban J connectivity index is 0.00000400. The number of carbonyl (C=O) groups excluding carboxylic acids is 1. The molecule has 1 aromatic rings. The highest BCUT2D eigenvalue weighted by Gasteiger charge is 2.20. The van der Waals surface area contributed by atoms with Crippen LogP contribution in [0, 0.1) is 5.41 Å². The van der Waals surface area contributed by atoms with Gasteiger partial charge in [-0.1, -0.05) is 26.0 Å². The molecule has 4 nitrogen and oxygen atoms in total. The van der Waals surface area contributed by atoms with Crippen LogP contribution in [-0.4, -0.2) is 37.6 Å². The molecule has 0 aliphatic rings. The number of nitrogens with two attached hydrogens (primary N) is 1. The van der Waals surface area contributed by atoms with E-state index in [2.05, 4.69) is 15.9 Å². The van der Waals surface area contributed by atoms with Crippen molar-refractivity contribution < 1.29 is 9.53 Å². The van der Waals surface area contributed by atoms with E-state index in [9.17, 15) is 4.79 Å². The Labute approximate surface area is 141 Å². The van der Waals surface area contributed by atoms with Gasteiger partial charge >= 0.3 is 0 Å². The number of nitrogens with zero attached hydrogens (tertiary/aromatic N) is 1. The van der Waals surface area contributed by atoms with Gasteiger partial charge < -0.3 is 15.4 Å². The van der Waals surface area contributed by atoms with Crippen molar-refractivity contribution in [3.63, 3.8) is 0 Å². The third-order valence-corrected chi connectivity index (χ3v) is 3.71. The second kappa shape index (κ2) is 9.28. The van der Waals surface area contributed by atoms with Crippen molar-refractivity contribution in [1.82, 2.24) is 4.90 Å². The van der Waals surface area contributed by atoms with Crippen molar-refractivity contribution in [2.45, 2.75) is 20.3 Å². The maximum Gasteiger partial charge on any atom is 0.225 e. The molecule has 0 atom stereocenters. The molecule has 0 bridgehead atoms. The number of amides is 1. The van der Waals surface area contributed by atoms with Gasteiger partial charge in [-0.05, 0) is 40.0 Å². The minimum Gasteiger partial charge on any atom is -0.492 e. The molecule has 0 aliphatic carbocycles. The summed E-state index contributed by atoms with van der Waals surface area (Å²) in [6, 6.07) is 7.60. The first kappa shape index (κ1) is 20.2. The number of carbonyl (C=O) groups is 1. The summed E-state index contributed by atoms with van der Waals surface area (Å²) in [6.45, 7) is 5.67. The van der Waals surface area contributed by atoms with Crippen LogP contribution in [0.2, 0.25) is 0 Å². The molecule has 2 N–H and O–H groups in total. The molecule has 6 heteroatoms. The molecule has 0 fully saturated rings. The molecule has 0 aliphatic heterocycles. The number of para-hydroxylation sites is 1. The highest BCUT2D eigenvalue weighted by Crippen LogP contribution is 2.23. The van der Waals surface area contributed by atoms with E-state index in [0.29, 0.717) is 26.1 Å². The maximum absolute atomic E-state index is 12.0. The fourth-order valence-corrected chi connectivity index (χ4v) is 2.19. The summed E-state index contributed by atoms with van der Waals surface area (Å²) in [6.07, 6.45) is 0.360. The molecule has 21 heavy (non-hydrogen) atoms. The fraction of sp³-hybridized carbons (Fsp3) is 0.533. The van der Waals surface area contributed by atoms with Crippen molar-refractivity contribution in [3.8, 4) is 5.75 Å². The maximum atomic E-state index is 12.0. The van der Waals surface area contributed by atoms with Gasteiger partial charge in [0.15, 0.2) is 0 Å². The Morgan fingerprint density at radius 1 is 1.38 bits per heavy atom. The van der Waals surface area contributed by atoms with E-state index < -0.39 is 0 Å². The lowest BCUT2D eigenvalue weighted by atomic mass is 9.93. The molecule has 0 aromatic heterocycles. The normalized spacial score (nSPS) is 10.7. The van der Waals surface area contributed by atoms with Crippen LogP contribution < -0.4 is 10.5 Å². The van der Waals surface area contributed by atoms with E-state index in [1.165, 1.54) is 0 Å². The van der Waals surface area contributed by atoms with E-state index >= 15 is 0 Å². The van der Waals surface area contributed by atoms with Crippen LogP contribution in [-0.2, 0) is 4.79 Å². The molecule has 0 saturated carbocycles. The lowest BCUT2D eigenvalue weighted by molar-refractivity contribution is -0.131. The number of benzene rings is 1. The zero-order valence-corrected chi connectivity index (χ0v) is 15.2. The van der Waals surface area contributed by atoms with Crippen LogP contribution in [0.25, 0.3) is 0 Å². The predicted molar refractivity (Wildman–Crippen MR) is 92.0 cm³/mol. The molecule has 0 heterocycles. The van der Waals surface area contributed by atoms with Crippen molar-refractivity contribution in [1.29, 1.82) is 0 Å². The van der Waals surface area contributed by atoms with Gasteiger partial charge in [0.2, 0.25) is 5.91 Å². The second-order valence-corrected chi connectivity index (χ2v) is 6.50. The minimum absolute atomic E-state index is 0. The molecule has 1 amide bonds. The number of halogens is 2. The summed E-state index contributed by atoms with van der Waals surface area (Å²) in [5.74, 6) is 0.823. The summed E-state index contributed by atoms with van der Waals surface area (Å²) in [5.41, 5.74) is 5.62. The predicted octanol–water partition coefficient (Wildman–Crippen LogP) is 3.08. The first-order valence-corrected chi connectivity index (χ1v) is 7.46. The number of rotatable bonds is 7. The third-order valence-electron chi connectivity index (χ3n) is 3.05. The summed E-state index contributed by atoms with van der Waals surface area (Å²) in [5, 5.41) is 0. The molecule has 0 unspecified atom stereocenters. The van der Waals surface area contributed by atoms with E-state index in [0.717, 1.165) is 10.2 Å². The summed E-state index contributed by atoms with van der Waals surface area (Å²) < 4.78 is 6.49. The van der Waals surface area contributed by atoms with Crippen LogP contribution in [0.5, 0.6) is 5.75 Å². The number of hydrogen-bond donors (Lipinski definition) is 1. The van der Waals surface area contributed by atoms with Gasteiger partial charge in [-0.25, -0.2) is 0 Å². The first-order chi connectivity index (χ1) is 9.35. The highest BCUT2D eigenvalue weighted by molar-refractivity contribution is 9.10. The summed E-state index contributed by atoms with van der Waals surface area (Å²) in [4.78, 5) is 13.7. The van der Waals surface area contributed by atoms with E-state index in [1.807, 2.05) is 38.1 Å². The average molecular weight is 380 g/mol. The third kappa shape index (κ3) is 7.16. The molecule has 0 radical (unpaired) electrons. The molecule has 0 spiro atoms. The van der Waals surface area contributed by atoms with Gasteiger partial charge in [-0.2, -0.15) is 0 Å². The quantitative estimate of drug-likeness (QED) is 0.792.